The molecule has 0 unspecified atom stereocenters. The Morgan fingerprint density at radius 2 is 0.955 bits per heavy atom. The van der Waals surface area contributed by atoms with Gasteiger partial charge in [-0.3, -0.25) is 0 Å². The second-order valence-corrected chi connectivity index (χ2v) is 12.2. The van der Waals surface area contributed by atoms with Crippen LogP contribution in [0.15, 0.2) is 164 Å². The molecule has 0 aliphatic heterocycles. The van der Waals surface area contributed by atoms with Gasteiger partial charge in [0.2, 0.25) is 0 Å². The first-order valence-electron chi connectivity index (χ1n) is 15.4. The van der Waals surface area contributed by atoms with Crippen molar-refractivity contribution in [2.24, 2.45) is 0 Å². The summed E-state index contributed by atoms with van der Waals surface area (Å²) in [5.41, 5.74) is 13.7. The molecule has 0 amide bonds. The predicted molar refractivity (Wildman–Crippen MR) is 187 cm³/mol. The molecule has 1 aliphatic rings. The number of hydrogen-bond acceptors (Lipinski definition) is 1. The molecule has 0 heterocycles. The summed E-state index contributed by atoms with van der Waals surface area (Å²) in [6.45, 7) is 4.69. The monoisotopic (exact) mass is 563 g/mol. The zero-order valence-electron chi connectivity index (χ0n) is 25.0. The van der Waals surface area contributed by atoms with Gasteiger partial charge in [0.1, 0.15) is 0 Å². The Balaban J connectivity index is 1.26. The van der Waals surface area contributed by atoms with Crippen molar-refractivity contribution in [1.29, 1.82) is 0 Å². The minimum Gasteiger partial charge on any atom is -0.310 e. The number of benzene rings is 7. The van der Waals surface area contributed by atoms with E-state index in [1.807, 2.05) is 0 Å². The molecule has 0 saturated carbocycles. The van der Waals surface area contributed by atoms with Crippen molar-refractivity contribution in [3.63, 3.8) is 0 Å². The molecular weight excluding hydrogens is 530 g/mol. The number of rotatable bonds is 5. The maximum atomic E-state index is 2.44. The van der Waals surface area contributed by atoms with Crippen LogP contribution in [-0.2, 0) is 5.41 Å². The smallest absolute Gasteiger partial charge is 0.0543 e. The SMILES string of the molecule is CC1(C)c2ccccc2-c2c(N(c3ccc(-c4ccc(-c5ccccc5)cc4)cc3)c3ccc4ccccc4c3)cccc21. The van der Waals surface area contributed by atoms with Crippen molar-refractivity contribution in [3.05, 3.63) is 175 Å². The van der Waals surface area contributed by atoms with E-state index in [2.05, 4.69) is 183 Å². The fourth-order valence-electron chi connectivity index (χ4n) is 6.95. The molecule has 0 radical (unpaired) electrons. The second-order valence-electron chi connectivity index (χ2n) is 12.2. The molecule has 7 aromatic rings. The maximum absolute atomic E-state index is 2.44. The van der Waals surface area contributed by atoms with Crippen LogP contribution in [0.25, 0.3) is 44.2 Å². The lowest BCUT2D eigenvalue weighted by atomic mass is 9.82. The van der Waals surface area contributed by atoms with Gasteiger partial charge in [0.15, 0.2) is 0 Å². The van der Waals surface area contributed by atoms with Crippen molar-refractivity contribution in [2.75, 3.05) is 4.90 Å². The molecular formula is C43H33N. The first-order valence-corrected chi connectivity index (χ1v) is 15.4. The summed E-state index contributed by atoms with van der Waals surface area (Å²) in [7, 11) is 0. The minimum absolute atomic E-state index is 0.0627. The molecule has 7 aromatic carbocycles. The number of nitrogens with zero attached hydrogens (tertiary/aromatic N) is 1. The van der Waals surface area contributed by atoms with E-state index in [0.717, 1.165) is 11.4 Å². The first-order chi connectivity index (χ1) is 21.6. The molecule has 210 valence electrons. The van der Waals surface area contributed by atoms with Crippen molar-refractivity contribution in [3.8, 4) is 33.4 Å². The van der Waals surface area contributed by atoms with Crippen LogP contribution in [0.5, 0.6) is 0 Å². The molecule has 0 spiro atoms. The van der Waals surface area contributed by atoms with E-state index >= 15 is 0 Å². The Bertz CT molecular complexity index is 2120. The number of anilines is 3. The van der Waals surface area contributed by atoms with Gasteiger partial charge < -0.3 is 4.90 Å². The highest BCUT2D eigenvalue weighted by atomic mass is 15.1. The van der Waals surface area contributed by atoms with Crippen LogP contribution < -0.4 is 4.90 Å². The summed E-state index contributed by atoms with van der Waals surface area (Å²) < 4.78 is 0. The Labute approximate surface area is 259 Å². The normalized spacial score (nSPS) is 13.0. The van der Waals surface area contributed by atoms with Crippen LogP contribution >= 0.6 is 0 Å². The van der Waals surface area contributed by atoms with Crippen molar-refractivity contribution in [2.45, 2.75) is 19.3 Å². The summed E-state index contributed by atoms with van der Waals surface area (Å²) in [4.78, 5) is 2.44. The third-order valence-corrected chi connectivity index (χ3v) is 9.27. The average molecular weight is 564 g/mol. The third-order valence-electron chi connectivity index (χ3n) is 9.27. The lowest BCUT2D eigenvalue weighted by Crippen LogP contribution is -2.16. The van der Waals surface area contributed by atoms with Crippen LogP contribution in [0.3, 0.4) is 0 Å². The maximum Gasteiger partial charge on any atom is 0.0543 e. The molecule has 0 N–H and O–H groups in total. The van der Waals surface area contributed by atoms with Gasteiger partial charge in [-0.2, -0.15) is 0 Å². The van der Waals surface area contributed by atoms with Gasteiger partial charge in [0.25, 0.3) is 0 Å². The predicted octanol–water partition coefficient (Wildman–Crippen LogP) is 11.9. The van der Waals surface area contributed by atoms with E-state index < -0.39 is 0 Å². The summed E-state index contributed by atoms with van der Waals surface area (Å²) in [6, 6.07) is 59.6. The van der Waals surface area contributed by atoms with Crippen LogP contribution in [0.4, 0.5) is 17.1 Å². The van der Waals surface area contributed by atoms with E-state index in [4.69, 9.17) is 0 Å². The summed E-state index contributed by atoms with van der Waals surface area (Å²) >= 11 is 0. The Morgan fingerprint density at radius 3 is 1.68 bits per heavy atom. The molecule has 0 aromatic heterocycles. The van der Waals surface area contributed by atoms with Gasteiger partial charge in [-0.05, 0) is 80.0 Å². The molecule has 0 bridgehead atoms. The summed E-state index contributed by atoms with van der Waals surface area (Å²) in [5, 5.41) is 2.48. The van der Waals surface area contributed by atoms with Gasteiger partial charge >= 0.3 is 0 Å². The summed E-state index contributed by atoms with van der Waals surface area (Å²) in [6.07, 6.45) is 0. The lowest BCUT2D eigenvalue weighted by Gasteiger charge is -2.29. The van der Waals surface area contributed by atoms with Gasteiger partial charge in [0, 0.05) is 22.4 Å². The summed E-state index contributed by atoms with van der Waals surface area (Å²) in [5.74, 6) is 0. The molecule has 8 rings (SSSR count). The minimum atomic E-state index is -0.0627. The van der Waals surface area contributed by atoms with Gasteiger partial charge in [0.05, 0.1) is 5.69 Å². The molecule has 1 aliphatic carbocycles. The fraction of sp³-hybridized carbons (Fsp3) is 0.0698. The first kappa shape index (κ1) is 26.2. The zero-order chi connectivity index (χ0) is 29.7. The lowest BCUT2D eigenvalue weighted by molar-refractivity contribution is 0.660. The molecule has 0 saturated heterocycles. The highest BCUT2D eigenvalue weighted by molar-refractivity contribution is 5.97. The van der Waals surface area contributed by atoms with Crippen LogP contribution in [-0.4, -0.2) is 0 Å². The van der Waals surface area contributed by atoms with E-state index in [1.54, 1.807) is 0 Å². The van der Waals surface area contributed by atoms with Gasteiger partial charge in [-0.15, -0.1) is 0 Å². The van der Waals surface area contributed by atoms with Gasteiger partial charge in [-0.25, -0.2) is 0 Å². The second kappa shape index (κ2) is 10.4. The number of hydrogen-bond donors (Lipinski definition) is 0. The molecule has 1 nitrogen and oxygen atoms in total. The average Bonchev–Trinajstić information content (AvgIpc) is 3.32. The number of fused-ring (bicyclic) bond motifs is 4. The Kier molecular flexibility index (Phi) is 6.20. The zero-order valence-corrected chi connectivity index (χ0v) is 25.0. The quantitative estimate of drug-likeness (QED) is 0.201. The molecule has 0 atom stereocenters. The fourth-order valence-corrected chi connectivity index (χ4v) is 6.95. The topological polar surface area (TPSA) is 3.24 Å². The van der Waals surface area contributed by atoms with E-state index in [1.165, 1.54) is 61.0 Å². The molecule has 44 heavy (non-hydrogen) atoms. The van der Waals surface area contributed by atoms with E-state index in [0.29, 0.717) is 0 Å². The largest absolute Gasteiger partial charge is 0.310 e. The van der Waals surface area contributed by atoms with Crippen LogP contribution in [0.2, 0.25) is 0 Å². The van der Waals surface area contributed by atoms with E-state index in [-0.39, 0.29) is 5.41 Å². The van der Waals surface area contributed by atoms with Gasteiger partial charge in [-0.1, -0.05) is 147 Å². The highest BCUT2D eigenvalue weighted by Gasteiger charge is 2.37. The van der Waals surface area contributed by atoms with E-state index in [9.17, 15) is 0 Å². The molecule has 1 heteroatoms. The van der Waals surface area contributed by atoms with Crippen molar-refractivity contribution in [1.82, 2.24) is 0 Å². The van der Waals surface area contributed by atoms with Crippen molar-refractivity contribution < 1.29 is 0 Å². The third kappa shape index (κ3) is 4.32. The van der Waals surface area contributed by atoms with Crippen LogP contribution in [0, 0.1) is 0 Å². The van der Waals surface area contributed by atoms with Crippen molar-refractivity contribution >= 4 is 27.8 Å². The Morgan fingerprint density at radius 1 is 0.409 bits per heavy atom. The highest BCUT2D eigenvalue weighted by Crippen LogP contribution is 2.54. The molecule has 0 fully saturated rings. The standard InChI is InChI=1S/C43H33N/c1-43(2)39-16-9-8-15-38(39)42-40(43)17-10-18-41(42)44(37-28-25-31-13-6-7-14-35(31)29-37)36-26-23-34(24-27-36)33-21-19-32(20-22-33)30-11-4-3-5-12-30/h3-29H,1-2H3. The Hall–Kier alpha value is -5.40. The van der Waals surface area contributed by atoms with Crippen LogP contribution in [0.1, 0.15) is 25.0 Å².